The summed E-state index contributed by atoms with van der Waals surface area (Å²) in [5.41, 5.74) is 5.66. The van der Waals surface area contributed by atoms with E-state index in [0.29, 0.717) is 18.0 Å². The fraction of sp³-hybridized carbons (Fsp3) is 0.636. The standard InChI is InChI=1S/C11H19N3O2S/c1-13-7-5-11(9-13)17(15,16)14-6-3-2-4-10(14)8-12/h5,7,9-10H,2-4,6,8,12H2,1H3. The lowest BCUT2D eigenvalue weighted by Gasteiger charge is -2.33. The van der Waals surface area contributed by atoms with E-state index in [1.165, 1.54) is 0 Å². The number of hydrogen-bond donors (Lipinski definition) is 1. The Morgan fingerprint density at radius 3 is 2.82 bits per heavy atom. The zero-order chi connectivity index (χ0) is 12.5. The molecule has 0 aromatic carbocycles. The third-order valence-electron chi connectivity index (χ3n) is 3.26. The third-order valence-corrected chi connectivity index (χ3v) is 5.19. The molecule has 0 spiro atoms. The first-order valence-corrected chi connectivity index (χ1v) is 7.33. The lowest BCUT2D eigenvalue weighted by Crippen LogP contribution is -2.47. The van der Waals surface area contributed by atoms with Gasteiger partial charge in [0.1, 0.15) is 0 Å². The predicted molar refractivity (Wildman–Crippen MR) is 66.0 cm³/mol. The normalized spacial score (nSPS) is 22.8. The number of nitrogens with two attached hydrogens (primary N) is 1. The average molecular weight is 257 g/mol. The van der Waals surface area contributed by atoms with E-state index < -0.39 is 10.0 Å². The summed E-state index contributed by atoms with van der Waals surface area (Å²) in [4.78, 5) is 0.361. The number of aryl methyl sites for hydroxylation is 1. The number of hydrogen-bond acceptors (Lipinski definition) is 3. The number of aromatic nitrogens is 1. The first-order valence-electron chi connectivity index (χ1n) is 5.89. The number of nitrogens with zero attached hydrogens (tertiary/aromatic N) is 2. The summed E-state index contributed by atoms with van der Waals surface area (Å²) in [5, 5.41) is 0. The molecule has 1 atom stereocenters. The van der Waals surface area contributed by atoms with Gasteiger partial charge < -0.3 is 10.3 Å². The van der Waals surface area contributed by atoms with Crippen LogP contribution in [0.3, 0.4) is 0 Å². The predicted octanol–water partition coefficient (Wildman–Crippen LogP) is 0.527. The highest BCUT2D eigenvalue weighted by atomic mass is 32.2. The largest absolute Gasteiger partial charge is 0.356 e. The molecule has 0 bridgehead atoms. The molecule has 0 aliphatic carbocycles. The molecule has 96 valence electrons. The lowest BCUT2D eigenvalue weighted by molar-refractivity contribution is 0.257. The van der Waals surface area contributed by atoms with Crippen LogP contribution in [0.5, 0.6) is 0 Å². The van der Waals surface area contributed by atoms with E-state index in [-0.39, 0.29) is 6.04 Å². The van der Waals surface area contributed by atoms with Crippen molar-refractivity contribution in [3.8, 4) is 0 Å². The van der Waals surface area contributed by atoms with Crippen molar-refractivity contribution in [2.24, 2.45) is 12.8 Å². The Bertz CT molecular complexity index is 481. The molecule has 2 heterocycles. The molecule has 6 heteroatoms. The minimum absolute atomic E-state index is 0.0473. The molecule has 1 aromatic rings. The summed E-state index contributed by atoms with van der Waals surface area (Å²) >= 11 is 0. The molecule has 1 aliphatic heterocycles. The number of sulfonamides is 1. The maximum Gasteiger partial charge on any atom is 0.244 e. The molecule has 1 unspecified atom stereocenters. The van der Waals surface area contributed by atoms with Crippen LogP contribution in [0.1, 0.15) is 19.3 Å². The number of piperidine rings is 1. The highest BCUT2D eigenvalue weighted by molar-refractivity contribution is 7.89. The van der Waals surface area contributed by atoms with E-state index in [9.17, 15) is 8.42 Å². The van der Waals surface area contributed by atoms with E-state index in [1.807, 2.05) is 7.05 Å². The van der Waals surface area contributed by atoms with Crippen LogP contribution in [0.25, 0.3) is 0 Å². The van der Waals surface area contributed by atoms with E-state index >= 15 is 0 Å². The molecule has 0 saturated carbocycles. The van der Waals surface area contributed by atoms with Crippen molar-refractivity contribution in [3.05, 3.63) is 18.5 Å². The van der Waals surface area contributed by atoms with Gasteiger partial charge in [-0.1, -0.05) is 6.42 Å². The van der Waals surface area contributed by atoms with Crippen molar-refractivity contribution in [1.29, 1.82) is 0 Å². The maximum absolute atomic E-state index is 12.4. The van der Waals surface area contributed by atoms with Crippen molar-refractivity contribution < 1.29 is 8.42 Å². The van der Waals surface area contributed by atoms with Gasteiger partial charge in [0.25, 0.3) is 0 Å². The van der Waals surface area contributed by atoms with Crippen LogP contribution in [0, 0.1) is 0 Å². The third kappa shape index (κ3) is 2.38. The smallest absolute Gasteiger partial charge is 0.244 e. The van der Waals surface area contributed by atoms with Crippen molar-refractivity contribution >= 4 is 10.0 Å². The van der Waals surface area contributed by atoms with Gasteiger partial charge in [-0.05, 0) is 18.9 Å². The highest BCUT2D eigenvalue weighted by Crippen LogP contribution is 2.24. The molecule has 17 heavy (non-hydrogen) atoms. The summed E-state index contributed by atoms with van der Waals surface area (Å²) < 4.78 is 28.2. The molecule has 1 fully saturated rings. The van der Waals surface area contributed by atoms with Gasteiger partial charge in [0, 0.05) is 38.6 Å². The van der Waals surface area contributed by atoms with Gasteiger partial charge in [-0.25, -0.2) is 8.42 Å². The molecule has 1 aliphatic rings. The molecule has 1 saturated heterocycles. The van der Waals surface area contributed by atoms with E-state index in [2.05, 4.69) is 0 Å². The molecule has 0 radical (unpaired) electrons. The lowest BCUT2D eigenvalue weighted by atomic mass is 10.1. The van der Waals surface area contributed by atoms with Gasteiger partial charge in [-0.2, -0.15) is 4.31 Å². The summed E-state index contributed by atoms with van der Waals surface area (Å²) in [7, 11) is -1.55. The van der Waals surface area contributed by atoms with Gasteiger partial charge in [0.05, 0.1) is 4.90 Å². The van der Waals surface area contributed by atoms with Crippen molar-refractivity contribution in [2.45, 2.75) is 30.2 Å². The second kappa shape index (κ2) is 4.80. The van der Waals surface area contributed by atoms with Crippen LogP contribution < -0.4 is 5.73 Å². The monoisotopic (exact) mass is 257 g/mol. The van der Waals surface area contributed by atoms with Crippen molar-refractivity contribution in [2.75, 3.05) is 13.1 Å². The fourth-order valence-electron chi connectivity index (χ4n) is 2.29. The van der Waals surface area contributed by atoms with Gasteiger partial charge in [0.15, 0.2) is 0 Å². The van der Waals surface area contributed by atoms with Crippen LogP contribution in [0.15, 0.2) is 23.4 Å². The van der Waals surface area contributed by atoms with Crippen LogP contribution >= 0.6 is 0 Å². The molecule has 2 N–H and O–H groups in total. The molecular weight excluding hydrogens is 238 g/mol. The van der Waals surface area contributed by atoms with Crippen LogP contribution in [-0.4, -0.2) is 36.4 Å². The first-order chi connectivity index (χ1) is 8.05. The van der Waals surface area contributed by atoms with Crippen LogP contribution in [-0.2, 0) is 17.1 Å². The van der Waals surface area contributed by atoms with Gasteiger partial charge in [0.2, 0.25) is 10.0 Å². The molecule has 2 rings (SSSR count). The zero-order valence-electron chi connectivity index (χ0n) is 10.0. The zero-order valence-corrected chi connectivity index (χ0v) is 10.9. The highest BCUT2D eigenvalue weighted by Gasteiger charge is 2.32. The van der Waals surface area contributed by atoms with Crippen LogP contribution in [0.2, 0.25) is 0 Å². The average Bonchev–Trinajstić information content (AvgIpc) is 2.76. The van der Waals surface area contributed by atoms with E-state index in [0.717, 1.165) is 19.3 Å². The Kier molecular flexibility index (Phi) is 3.56. The summed E-state index contributed by atoms with van der Waals surface area (Å²) in [6.45, 7) is 0.977. The van der Waals surface area contributed by atoms with E-state index in [1.54, 1.807) is 27.3 Å². The second-order valence-corrected chi connectivity index (χ2v) is 6.40. The van der Waals surface area contributed by atoms with Gasteiger partial charge >= 0.3 is 0 Å². The first kappa shape index (κ1) is 12.6. The topological polar surface area (TPSA) is 68.3 Å². The Hall–Kier alpha value is -0.850. The molecular formula is C11H19N3O2S. The quantitative estimate of drug-likeness (QED) is 0.858. The maximum atomic E-state index is 12.4. The minimum atomic E-state index is -3.37. The molecule has 0 amide bonds. The SMILES string of the molecule is Cn1ccc(S(=O)(=O)N2CCCCC2CN)c1. The Labute approximate surface area is 102 Å². The summed E-state index contributed by atoms with van der Waals surface area (Å²) in [5.74, 6) is 0. The van der Waals surface area contributed by atoms with Crippen molar-refractivity contribution in [3.63, 3.8) is 0 Å². The Balaban J connectivity index is 2.30. The molecule has 5 nitrogen and oxygen atoms in total. The van der Waals surface area contributed by atoms with Crippen LogP contribution in [0.4, 0.5) is 0 Å². The van der Waals surface area contributed by atoms with Crippen molar-refractivity contribution in [1.82, 2.24) is 8.87 Å². The minimum Gasteiger partial charge on any atom is -0.356 e. The second-order valence-electron chi connectivity index (χ2n) is 4.51. The van der Waals surface area contributed by atoms with E-state index in [4.69, 9.17) is 5.73 Å². The van der Waals surface area contributed by atoms with Gasteiger partial charge in [-0.15, -0.1) is 0 Å². The number of rotatable bonds is 3. The fourth-order valence-corrected chi connectivity index (χ4v) is 4.05. The molecule has 1 aromatic heterocycles. The van der Waals surface area contributed by atoms with Gasteiger partial charge in [-0.3, -0.25) is 0 Å². The Morgan fingerprint density at radius 1 is 1.47 bits per heavy atom. The summed E-state index contributed by atoms with van der Waals surface area (Å²) in [6, 6.07) is 1.59. The Morgan fingerprint density at radius 2 is 2.24 bits per heavy atom. The summed E-state index contributed by atoms with van der Waals surface area (Å²) in [6.07, 6.45) is 6.22.